The fourth-order valence-electron chi connectivity index (χ4n) is 3.52. The molecule has 3 rings (SSSR count). The fourth-order valence-corrected chi connectivity index (χ4v) is 3.52. The molecule has 1 aromatic rings. The van der Waals surface area contributed by atoms with Crippen molar-refractivity contribution in [1.29, 1.82) is 0 Å². The van der Waals surface area contributed by atoms with E-state index in [0.29, 0.717) is 13.0 Å². The van der Waals surface area contributed by atoms with E-state index in [9.17, 15) is 14.7 Å². The van der Waals surface area contributed by atoms with Crippen LogP contribution in [0, 0.1) is 5.92 Å². The summed E-state index contributed by atoms with van der Waals surface area (Å²) in [4.78, 5) is 27.8. The quantitative estimate of drug-likeness (QED) is 0.846. The number of benzene rings is 1. The zero-order valence-electron chi connectivity index (χ0n) is 14.3. The molecule has 2 fully saturated rings. The van der Waals surface area contributed by atoms with Gasteiger partial charge in [0.1, 0.15) is 6.61 Å². The predicted molar refractivity (Wildman–Crippen MR) is 92.2 cm³/mol. The van der Waals surface area contributed by atoms with Crippen LogP contribution in [-0.2, 0) is 16.1 Å². The van der Waals surface area contributed by atoms with Gasteiger partial charge in [0.2, 0.25) is 0 Å². The Hall–Kier alpha value is -2.12. The zero-order chi connectivity index (χ0) is 17.6. The van der Waals surface area contributed by atoms with Crippen molar-refractivity contribution in [3.8, 4) is 0 Å². The van der Waals surface area contributed by atoms with Crippen LogP contribution in [0.1, 0.15) is 12.0 Å². The topological polar surface area (TPSA) is 82.1 Å². The molecule has 25 heavy (non-hydrogen) atoms. The second-order valence-corrected chi connectivity index (χ2v) is 6.66. The van der Waals surface area contributed by atoms with Crippen molar-refractivity contribution in [3.05, 3.63) is 35.9 Å². The first-order valence-electron chi connectivity index (χ1n) is 8.76. The molecule has 0 bridgehead atoms. The smallest absolute Gasteiger partial charge is 0.410 e. The number of piperidine rings is 1. The number of hydrogen-bond donors (Lipinski definition) is 2. The molecule has 2 atom stereocenters. The summed E-state index contributed by atoms with van der Waals surface area (Å²) >= 11 is 0. The van der Waals surface area contributed by atoms with Crippen molar-refractivity contribution < 1.29 is 19.4 Å². The second-order valence-electron chi connectivity index (χ2n) is 6.66. The highest BCUT2D eigenvalue weighted by Gasteiger charge is 2.37. The van der Waals surface area contributed by atoms with Gasteiger partial charge >= 0.3 is 12.1 Å². The average molecular weight is 347 g/mol. The van der Waals surface area contributed by atoms with Gasteiger partial charge in [-0.05, 0) is 12.0 Å². The van der Waals surface area contributed by atoms with E-state index in [1.165, 1.54) is 0 Å². The molecule has 2 N–H and O–H groups in total. The number of aliphatic carboxylic acids is 1. The van der Waals surface area contributed by atoms with Gasteiger partial charge in [-0.25, -0.2) is 4.79 Å². The third-order valence-corrected chi connectivity index (χ3v) is 4.91. The molecule has 0 aromatic heterocycles. The highest BCUT2D eigenvalue weighted by atomic mass is 16.6. The van der Waals surface area contributed by atoms with E-state index in [1.54, 1.807) is 4.90 Å². The van der Waals surface area contributed by atoms with Gasteiger partial charge in [0.15, 0.2) is 0 Å². The van der Waals surface area contributed by atoms with E-state index < -0.39 is 18.0 Å². The van der Waals surface area contributed by atoms with E-state index in [2.05, 4.69) is 10.2 Å². The number of rotatable bonds is 4. The summed E-state index contributed by atoms with van der Waals surface area (Å²) < 4.78 is 5.39. The molecule has 0 radical (unpaired) electrons. The molecule has 7 heteroatoms. The lowest BCUT2D eigenvalue weighted by Gasteiger charge is -2.42. The van der Waals surface area contributed by atoms with Gasteiger partial charge in [-0.2, -0.15) is 0 Å². The van der Waals surface area contributed by atoms with E-state index in [-0.39, 0.29) is 19.2 Å². The molecule has 1 aromatic carbocycles. The van der Waals surface area contributed by atoms with Crippen LogP contribution in [0.2, 0.25) is 0 Å². The Balaban J connectivity index is 1.61. The molecule has 2 heterocycles. The van der Waals surface area contributed by atoms with Crippen molar-refractivity contribution in [2.75, 3.05) is 39.3 Å². The maximum Gasteiger partial charge on any atom is 0.410 e. The van der Waals surface area contributed by atoms with Crippen LogP contribution in [0.5, 0.6) is 0 Å². The van der Waals surface area contributed by atoms with Gasteiger partial charge in [0.05, 0.1) is 5.92 Å². The summed E-state index contributed by atoms with van der Waals surface area (Å²) in [5.74, 6) is -1.39. The maximum atomic E-state index is 12.4. The summed E-state index contributed by atoms with van der Waals surface area (Å²) in [6.45, 7) is 4.49. The van der Waals surface area contributed by atoms with E-state index in [4.69, 9.17) is 4.74 Å². The number of ether oxygens (including phenoxy) is 1. The van der Waals surface area contributed by atoms with E-state index >= 15 is 0 Å². The first kappa shape index (κ1) is 17.7. The van der Waals surface area contributed by atoms with Crippen molar-refractivity contribution >= 4 is 12.1 Å². The van der Waals surface area contributed by atoms with E-state index in [0.717, 1.165) is 31.7 Å². The Labute approximate surface area is 147 Å². The lowest BCUT2D eigenvalue weighted by molar-refractivity contribution is -0.144. The number of carboxylic acid groups (broad SMARTS) is 1. The molecule has 0 aliphatic carbocycles. The summed E-state index contributed by atoms with van der Waals surface area (Å²) in [7, 11) is 0. The molecule has 2 aliphatic rings. The monoisotopic (exact) mass is 347 g/mol. The SMILES string of the molecule is O=C(O)[C@H]1C[C@H](N2CCNCC2)CN(C(=O)OCc2ccccc2)C1. The average Bonchev–Trinajstić information content (AvgIpc) is 2.67. The summed E-state index contributed by atoms with van der Waals surface area (Å²) in [6.07, 6.45) is 0.146. The van der Waals surface area contributed by atoms with Crippen LogP contribution in [-0.4, -0.2) is 72.3 Å². The lowest BCUT2D eigenvalue weighted by atomic mass is 9.93. The van der Waals surface area contributed by atoms with Crippen LogP contribution >= 0.6 is 0 Å². The number of hydrogen-bond acceptors (Lipinski definition) is 5. The molecule has 136 valence electrons. The number of carbonyl (C=O) groups is 2. The number of nitrogens with one attached hydrogen (secondary N) is 1. The Bertz CT molecular complexity index is 589. The van der Waals surface area contributed by atoms with Crippen molar-refractivity contribution in [2.45, 2.75) is 19.1 Å². The standard InChI is InChI=1S/C18H25N3O4/c22-17(23)15-10-16(20-8-6-19-7-9-20)12-21(11-15)18(24)25-13-14-4-2-1-3-5-14/h1-5,15-16,19H,6-13H2,(H,22,23)/t15-,16-/m0/s1. The van der Waals surface area contributed by atoms with Crippen LogP contribution < -0.4 is 5.32 Å². The van der Waals surface area contributed by atoms with Gasteiger partial charge in [-0.1, -0.05) is 30.3 Å². The van der Waals surface area contributed by atoms with Gasteiger partial charge < -0.3 is 20.1 Å². The molecular weight excluding hydrogens is 322 g/mol. The molecule has 1 amide bonds. The van der Waals surface area contributed by atoms with Crippen LogP contribution in [0.3, 0.4) is 0 Å². The van der Waals surface area contributed by atoms with Gasteiger partial charge in [-0.15, -0.1) is 0 Å². The number of carbonyl (C=O) groups excluding carboxylic acids is 1. The fraction of sp³-hybridized carbons (Fsp3) is 0.556. The first-order valence-corrected chi connectivity index (χ1v) is 8.76. The number of amides is 1. The second kappa shape index (κ2) is 8.31. The van der Waals surface area contributed by atoms with E-state index in [1.807, 2.05) is 30.3 Å². The van der Waals surface area contributed by atoms with Crippen molar-refractivity contribution in [3.63, 3.8) is 0 Å². The van der Waals surface area contributed by atoms with Crippen LogP contribution in [0.4, 0.5) is 4.79 Å². The summed E-state index contributed by atoms with van der Waals surface area (Å²) in [5.41, 5.74) is 0.918. The molecule has 2 aliphatic heterocycles. The lowest BCUT2D eigenvalue weighted by Crippen LogP contribution is -2.57. The Morgan fingerprint density at radius 1 is 1.16 bits per heavy atom. The van der Waals surface area contributed by atoms with Crippen molar-refractivity contribution in [1.82, 2.24) is 15.1 Å². The normalized spacial score (nSPS) is 24.7. The van der Waals surface area contributed by atoms with Crippen LogP contribution in [0.25, 0.3) is 0 Å². The molecule has 0 spiro atoms. The minimum atomic E-state index is -0.847. The Morgan fingerprint density at radius 3 is 2.56 bits per heavy atom. The minimum Gasteiger partial charge on any atom is -0.481 e. The Morgan fingerprint density at radius 2 is 1.88 bits per heavy atom. The largest absolute Gasteiger partial charge is 0.481 e. The van der Waals surface area contributed by atoms with Gasteiger partial charge in [-0.3, -0.25) is 9.69 Å². The zero-order valence-corrected chi connectivity index (χ0v) is 14.3. The predicted octanol–water partition coefficient (Wildman–Crippen LogP) is 1.00. The molecule has 0 unspecified atom stereocenters. The maximum absolute atomic E-state index is 12.4. The number of nitrogens with zero attached hydrogens (tertiary/aromatic N) is 2. The molecular formula is C18H25N3O4. The number of likely N-dealkylation sites (tertiary alicyclic amines) is 1. The summed E-state index contributed by atoms with van der Waals surface area (Å²) in [5, 5.41) is 12.7. The molecule has 7 nitrogen and oxygen atoms in total. The highest BCUT2D eigenvalue weighted by molar-refractivity contribution is 5.73. The Kier molecular flexibility index (Phi) is 5.88. The first-order chi connectivity index (χ1) is 12.1. The van der Waals surface area contributed by atoms with Crippen molar-refractivity contribution in [2.24, 2.45) is 5.92 Å². The third kappa shape index (κ3) is 4.70. The minimum absolute atomic E-state index is 0.0706. The van der Waals surface area contributed by atoms with Crippen LogP contribution in [0.15, 0.2) is 30.3 Å². The van der Waals surface area contributed by atoms with Gasteiger partial charge in [0, 0.05) is 45.3 Å². The van der Waals surface area contributed by atoms with Gasteiger partial charge in [0.25, 0.3) is 0 Å². The molecule has 2 saturated heterocycles. The summed E-state index contributed by atoms with van der Waals surface area (Å²) in [6, 6.07) is 9.56. The number of piperazine rings is 1. The molecule has 0 saturated carbocycles. The number of carboxylic acids is 1. The highest BCUT2D eigenvalue weighted by Crippen LogP contribution is 2.22. The third-order valence-electron chi connectivity index (χ3n) is 4.91.